The molecule has 0 bridgehead atoms. The molecule has 1 amide bonds. The van der Waals surface area contributed by atoms with Gasteiger partial charge in [0.2, 0.25) is 5.91 Å². The molecule has 0 spiro atoms. The van der Waals surface area contributed by atoms with E-state index in [9.17, 15) is 18.8 Å². The summed E-state index contributed by atoms with van der Waals surface area (Å²) in [6.07, 6.45) is 1.34. The third-order valence-corrected chi connectivity index (χ3v) is 4.32. The average Bonchev–Trinajstić information content (AvgIpc) is 2.48. The molecule has 1 aromatic heterocycles. The molecule has 0 aliphatic rings. The lowest BCUT2D eigenvalue weighted by Crippen LogP contribution is -2.28. The molecule has 0 unspecified atom stereocenters. The number of halogens is 2. The van der Waals surface area contributed by atoms with E-state index < -0.39 is 5.76 Å². The Labute approximate surface area is 134 Å². The predicted molar refractivity (Wildman–Crippen MR) is 83.1 cm³/mol. The summed E-state index contributed by atoms with van der Waals surface area (Å²) >= 11 is 1.45. The number of carbonyl (C=O) groups excluding carboxylic acids is 1. The van der Waals surface area contributed by atoms with Gasteiger partial charge < -0.3 is 10.5 Å². The van der Waals surface area contributed by atoms with E-state index in [4.69, 9.17) is 0 Å². The number of hydrogen-bond donors (Lipinski definition) is 1. The van der Waals surface area contributed by atoms with E-state index in [0.29, 0.717) is 32.1 Å². The zero-order valence-corrected chi connectivity index (χ0v) is 12.9. The van der Waals surface area contributed by atoms with Crippen LogP contribution in [-0.4, -0.2) is 17.4 Å². The van der Waals surface area contributed by atoms with Gasteiger partial charge >= 0.3 is 0 Å². The smallest absolute Gasteiger partial charge is 0.288 e. The number of para-hydroxylation sites is 1. The zero-order valence-electron chi connectivity index (χ0n) is 11.2. The fourth-order valence-electron chi connectivity index (χ4n) is 1.62. The highest BCUT2D eigenvalue weighted by Gasteiger charge is 2.13. The molecule has 0 aliphatic carbocycles. The van der Waals surface area contributed by atoms with E-state index in [1.165, 1.54) is 12.3 Å². The molecule has 0 saturated carbocycles. The highest BCUT2D eigenvalue weighted by Crippen LogP contribution is 2.31. The lowest BCUT2D eigenvalue weighted by Gasteiger charge is -2.10. The first-order chi connectivity index (χ1) is 10.6. The van der Waals surface area contributed by atoms with Crippen molar-refractivity contribution in [3.8, 4) is 0 Å². The second-order valence-corrected chi connectivity index (χ2v) is 6.10. The lowest BCUT2D eigenvalue weighted by molar-refractivity contribution is -0.645. The van der Waals surface area contributed by atoms with Crippen LogP contribution >= 0.6 is 23.5 Å². The van der Waals surface area contributed by atoms with Crippen LogP contribution in [0.4, 0.5) is 14.5 Å². The number of thioether (sulfide) groups is 2. The molecule has 4 nitrogen and oxygen atoms in total. The molecule has 1 heterocycles. The van der Waals surface area contributed by atoms with Gasteiger partial charge in [-0.1, -0.05) is 23.9 Å². The van der Waals surface area contributed by atoms with E-state index in [2.05, 4.69) is 5.32 Å². The zero-order chi connectivity index (χ0) is 15.9. The first-order valence-electron chi connectivity index (χ1n) is 6.21. The van der Waals surface area contributed by atoms with Crippen molar-refractivity contribution in [1.29, 1.82) is 0 Å². The Bertz CT molecular complexity index is 656. The summed E-state index contributed by atoms with van der Waals surface area (Å²) in [4.78, 5) is 12.2. The van der Waals surface area contributed by atoms with Crippen LogP contribution in [0.5, 0.6) is 0 Å². The van der Waals surface area contributed by atoms with Gasteiger partial charge in [0.15, 0.2) is 6.20 Å². The van der Waals surface area contributed by atoms with Gasteiger partial charge in [0.05, 0.1) is 11.4 Å². The molecule has 116 valence electrons. The van der Waals surface area contributed by atoms with Crippen molar-refractivity contribution in [3.05, 3.63) is 53.9 Å². The minimum absolute atomic E-state index is 0.0138. The Balaban J connectivity index is 1.96. The van der Waals surface area contributed by atoms with Crippen LogP contribution in [-0.2, 0) is 4.79 Å². The minimum Gasteiger partial charge on any atom is -0.618 e. The average molecular weight is 342 g/mol. The van der Waals surface area contributed by atoms with Crippen molar-refractivity contribution < 1.29 is 18.3 Å². The number of nitrogens with one attached hydrogen (secondary N) is 1. The molecule has 0 radical (unpaired) electrons. The van der Waals surface area contributed by atoms with E-state index in [0.717, 1.165) is 11.8 Å². The van der Waals surface area contributed by atoms with Gasteiger partial charge in [-0.3, -0.25) is 4.79 Å². The lowest BCUT2D eigenvalue weighted by atomic mass is 10.3. The molecule has 22 heavy (non-hydrogen) atoms. The van der Waals surface area contributed by atoms with Crippen molar-refractivity contribution >= 4 is 35.1 Å². The largest absolute Gasteiger partial charge is 0.618 e. The number of anilines is 1. The summed E-state index contributed by atoms with van der Waals surface area (Å²) < 4.78 is 25.6. The highest BCUT2D eigenvalue weighted by molar-refractivity contribution is 8.00. The number of amides is 1. The van der Waals surface area contributed by atoms with Crippen molar-refractivity contribution in [2.45, 2.75) is 15.7 Å². The minimum atomic E-state index is -2.56. The molecule has 0 saturated heterocycles. The Morgan fingerprint density at radius 1 is 1.23 bits per heavy atom. The van der Waals surface area contributed by atoms with Crippen LogP contribution in [0.1, 0.15) is 0 Å². The molecule has 0 atom stereocenters. The van der Waals surface area contributed by atoms with Gasteiger partial charge in [0.25, 0.3) is 10.8 Å². The molecular formula is C14H12F2N2O2S2. The molecule has 0 aliphatic heterocycles. The van der Waals surface area contributed by atoms with Crippen LogP contribution in [0, 0.1) is 5.21 Å². The van der Waals surface area contributed by atoms with E-state index >= 15 is 0 Å². The summed E-state index contributed by atoms with van der Waals surface area (Å²) in [6.45, 7) is 0. The second kappa shape index (κ2) is 8.00. The monoisotopic (exact) mass is 342 g/mol. The first kappa shape index (κ1) is 16.6. The molecular weight excluding hydrogens is 330 g/mol. The topological polar surface area (TPSA) is 56.0 Å². The SMILES string of the molecule is O=C(CSc1cccc[n+]1[O-])Nc1ccccc1SC(F)F. The number of aromatic nitrogens is 1. The number of benzene rings is 1. The molecule has 0 fully saturated rings. The van der Waals surface area contributed by atoms with E-state index in [1.807, 2.05) is 0 Å². The summed E-state index contributed by atoms with van der Waals surface area (Å²) in [5, 5.41) is 14.4. The van der Waals surface area contributed by atoms with E-state index in [-0.39, 0.29) is 11.7 Å². The van der Waals surface area contributed by atoms with Crippen LogP contribution in [0.15, 0.2) is 58.6 Å². The maximum Gasteiger partial charge on any atom is 0.288 e. The number of nitrogens with zero attached hydrogens (tertiary/aromatic N) is 1. The second-order valence-electron chi connectivity index (χ2n) is 4.08. The number of carbonyl (C=O) groups is 1. The van der Waals surface area contributed by atoms with Crippen molar-refractivity contribution in [1.82, 2.24) is 0 Å². The summed E-state index contributed by atoms with van der Waals surface area (Å²) in [7, 11) is 0. The first-order valence-corrected chi connectivity index (χ1v) is 8.07. The Kier molecular flexibility index (Phi) is 6.02. The fourth-order valence-corrected chi connectivity index (χ4v) is 2.93. The maximum absolute atomic E-state index is 12.5. The van der Waals surface area contributed by atoms with Gasteiger partial charge in [-0.2, -0.15) is 13.5 Å². The summed E-state index contributed by atoms with van der Waals surface area (Å²) in [5.41, 5.74) is 0.335. The quantitative estimate of drug-likeness (QED) is 0.497. The van der Waals surface area contributed by atoms with Crippen LogP contribution in [0.3, 0.4) is 0 Å². The fraction of sp³-hybridized carbons (Fsp3) is 0.143. The van der Waals surface area contributed by atoms with Crippen molar-refractivity contribution in [2.75, 3.05) is 11.1 Å². The number of alkyl halides is 2. The van der Waals surface area contributed by atoms with Gasteiger partial charge in [-0.05, 0) is 30.0 Å². The third kappa shape index (κ3) is 4.88. The highest BCUT2D eigenvalue weighted by atomic mass is 32.2. The molecule has 2 aromatic rings. The Morgan fingerprint density at radius 2 is 1.95 bits per heavy atom. The summed E-state index contributed by atoms with van der Waals surface area (Å²) in [6, 6.07) is 11.2. The van der Waals surface area contributed by atoms with E-state index in [1.54, 1.807) is 36.4 Å². The van der Waals surface area contributed by atoms with Crippen LogP contribution < -0.4 is 10.0 Å². The maximum atomic E-state index is 12.5. The Hall–Kier alpha value is -1.80. The normalized spacial score (nSPS) is 10.7. The number of hydrogen-bond acceptors (Lipinski definition) is 4. The van der Waals surface area contributed by atoms with Gasteiger partial charge in [-0.25, -0.2) is 0 Å². The van der Waals surface area contributed by atoms with Crippen LogP contribution in [0.2, 0.25) is 0 Å². The van der Waals surface area contributed by atoms with Gasteiger partial charge in [0, 0.05) is 17.0 Å². The molecule has 8 heteroatoms. The molecule has 2 rings (SSSR count). The summed E-state index contributed by atoms with van der Waals surface area (Å²) in [5.74, 6) is -2.91. The van der Waals surface area contributed by atoms with Crippen molar-refractivity contribution in [2.24, 2.45) is 0 Å². The van der Waals surface area contributed by atoms with Gasteiger partial charge in [-0.15, -0.1) is 0 Å². The molecule has 1 N–H and O–H groups in total. The standard InChI is InChI=1S/C14H12F2N2O2S2/c15-14(16)22-11-6-2-1-5-10(11)17-12(19)9-21-13-7-3-4-8-18(13)20/h1-8,14H,9H2,(H,17,19). The van der Waals surface area contributed by atoms with Gasteiger partial charge in [0.1, 0.15) is 0 Å². The molecule has 1 aromatic carbocycles. The third-order valence-electron chi connectivity index (χ3n) is 2.52. The number of rotatable bonds is 6. The van der Waals surface area contributed by atoms with Crippen molar-refractivity contribution in [3.63, 3.8) is 0 Å². The predicted octanol–water partition coefficient (Wildman–Crippen LogP) is 3.37. The van der Waals surface area contributed by atoms with Crippen LogP contribution in [0.25, 0.3) is 0 Å². The Morgan fingerprint density at radius 3 is 2.68 bits per heavy atom. The number of pyridine rings is 1.